The zero-order valence-corrected chi connectivity index (χ0v) is 8.30. The molecule has 1 saturated heterocycles. The van der Waals surface area contributed by atoms with Crippen molar-refractivity contribution in [3.05, 3.63) is 35.7 Å². The summed E-state index contributed by atoms with van der Waals surface area (Å²) in [5.41, 5.74) is 1.28. The SMILES string of the molecule is Clc1ccc(N2C[CH]CCC2)cc1. The Morgan fingerprint density at radius 2 is 1.92 bits per heavy atom. The zero-order chi connectivity index (χ0) is 9.10. The van der Waals surface area contributed by atoms with Crippen LogP contribution >= 0.6 is 11.6 Å². The van der Waals surface area contributed by atoms with Crippen LogP contribution < -0.4 is 4.90 Å². The Hall–Kier alpha value is -0.690. The normalized spacial score (nSPS) is 17.5. The average molecular weight is 195 g/mol. The van der Waals surface area contributed by atoms with Crippen molar-refractivity contribution in [1.29, 1.82) is 0 Å². The Kier molecular flexibility index (Phi) is 2.74. The van der Waals surface area contributed by atoms with Gasteiger partial charge in [-0.25, -0.2) is 0 Å². The van der Waals surface area contributed by atoms with Crippen molar-refractivity contribution < 1.29 is 0 Å². The average Bonchev–Trinajstić information content (AvgIpc) is 2.20. The van der Waals surface area contributed by atoms with Crippen molar-refractivity contribution >= 4 is 17.3 Å². The molecule has 1 nitrogen and oxygen atoms in total. The molecule has 1 heterocycles. The molecule has 0 saturated carbocycles. The van der Waals surface area contributed by atoms with E-state index in [-0.39, 0.29) is 0 Å². The molecular weight excluding hydrogens is 182 g/mol. The van der Waals surface area contributed by atoms with E-state index in [1.54, 1.807) is 0 Å². The molecule has 0 amide bonds. The quantitative estimate of drug-likeness (QED) is 0.664. The lowest BCUT2D eigenvalue weighted by molar-refractivity contribution is 0.671. The van der Waals surface area contributed by atoms with Gasteiger partial charge in [0.15, 0.2) is 0 Å². The molecule has 2 heteroatoms. The van der Waals surface area contributed by atoms with E-state index in [0.29, 0.717) is 0 Å². The maximum atomic E-state index is 5.82. The van der Waals surface area contributed by atoms with E-state index in [1.165, 1.54) is 18.5 Å². The Morgan fingerprint density at radius 3 is 2.54 bits per heavy atom. The highest BCUT2D eigenvalue weighted by molar-refractivity contribution is 6.30. The molecule has 1 aliphatic rings. The van der Waals surface area contributed by atoms with Gasteiger partial charge < -0.3 is 4.90 Å². The lowest BCUT2D eigenvalue weighted by Gasteiger charge is -2.28. The van der Waals surface area contributed by atoms with E-state index in [9.17, 15) is 0 Å². The Balaban J connectivity index is 2.10. The summed E-state index contributed by atoms with van der Waals surface area (Å²) in [6.07, 6.45) is 4.85. The monoisotopic (exact) mass is 194 g/mol. The summed E-state index contributed by atoms with van der Waals surface area (Å²) in [4.78, 5) is 2.37. The lowest BCUT2D eigenvalue weighted by Crippen LogP contribution is -2.29. The number of nitrogens with zero attached hydrogens (tertiary/aromatic N) is 1. The summed E-state index contributed by atoms with van der Waals surface area (Å²) in [6.45, 7) is 2.24. The van der Waals surface area contributed by atoms with Crippen molar-refractivity contribution in [3.63, 3.8) is 0 Å². The van der Waals surface area contributed by atoms with Gasteiger partial charge in [0, 0.05) is 23.8 Å². The first-order chi connectivity index (χ1) is 6.36. The lowest BCUT2D eigenvalue weighted by atomic mass is 10.1. The molecule has 0 aliphatic carbocycles. The highest BCUT2D eigenvalue weighted by Gasteiger charge is 2.10. The van der Waals surface area contributed by atoms with Gasteiger partial charge in [0.25, 0.3) is 0 Å². The second-order valence-electron chi connectivity index (χ2n) is 3.35. The predicted octanol–water partition coefficient (Wildman–Crippen LogP) is 3.14. The highest BCUT2D eigenvalue weighted by atomic mass is 35.5. The van der Waals surface area contributed by atoms with Crippen LogP contribution in [0.4, 0.5) is 5.69 Å². The first-order valence-corrected chi connectivity index (χ1v) is 5.06. The second kappa shape index (κ2) is 4.01. The van der Waals surface area contributed by atoms with Gasteiger partial charge in [-0.3, -0.25) is 0 Å². The summed E-state index contributed by atoms with van der Waals surface area (Å²) < 4.78 is 0. The molecule has 1 aliphatic heterocycles. The van der Waals surface area contributed by atoms with Crippen LogP contribution in [-0.2, 0) is 0 Å². The molecule has 13 heavy (non-hydrogen) atoms. The minimum atomic E-state index is 0.810. The number of halogens is 1. The van der Waals surface area contributed by atoms with Crippen molar-refractivity contribution in [2.75, 3.05) is 18.0 Å². The molecule has 0 aromatic heterocycles. The Bertz CT molecular complexity index is 262. The first-order valence-electron chi connectivity index (χ1n) is 4.68. The Morgan fingerprint density at radius 1 is 1.15 bits per heavy atom. The van der Waals surface area contributed by atoms with E-state index in [1.807, 2.05) is 12.1 Å². The third kappa shape index (κ3) is 2.16. The van der Waals surface area contributed by atoms with Crippen LogP contribution in [0.5, 0.6) is 0 Å². The van der Waals surface area contributed by atoms with Gasteiger partial charge in [-0.05, 0) is 43.5 Å². The van der Waals surface area contributed by atoms with E-state index < -0.39 is 0 Å². The van der Waals surface area contributed by atoms with E-state index in [4.69, 9.17) is 11.6 Å². The summed E-state index contributed by atoms with van der Waals surface area (Å²) >= 11 is 5.82. The smallest absolute Gasteiger partial charge is 0.0407 e. The number of anilines is 1. The van der Waals surface area contributed by atoms with Crippen LogP contribution in [0.3, 0.4) is 0 Å². The van der Waals surface area contributed by atoms with Gasteiger partial charge in [0.05, 0.1) is 0 Å². The highest BCUT2D eigenvalue weighted by Crippen LogP contribution is 2.21. The van der Waals surface area contributed by atoms with Crippen LogP contribution in [0.15, 0.2) is 24.3 Å². The van der Waals surface area contributed by atoms with Gasteiger partial charge in [-0.15, -0.1) is 0 Å². The summed E-state index contributed by atoms with van der Waals surface area (Å²) in [5, 5.41) is 0.810. The van der Waals surface area contributed by atoms with Gasteiger partial charge in [0.2, 0.25) is 0 Å². The van der Waals surface area contributed by atoms with Crippen LogP contribution in [-0.4, -0.2) is 13.1 Å². The fourth-order valence-corrected chi connectivity index (χ4v) is 1.78. The molecule has 1 radical (unpaired) electrons. The molecular formula is C11H13ClN. The number of hydrogen-bond donors (Lipinski definition) is 0. The van der Waals surface area contributed by atoms with Crippen LogP contribution in [0.2, 0.25) is 5.02 Å². The first kappa shape index (κ1) is 8.89. The van der Waals surface area contributed by atoms with Gasteiger partial charge in [-0.2, -0.15) is 0 Å². The summed E-state index contributed by atoms with van der Waals surface area (Å²) in [6, 6.07) is 8.07. The van der Waals surface area contributed by atoms with Crippen molar-refractivity contribution in [2.45, 2.75) is 12.8 Å². The molecule has 0 bridgehead atoms. The fourth-order valence-electron chi connectivity index (χ4n) is 1.65. The fraction of sp³-hybridized carbons (Fsp3) is 0.364. The second-order valence-corrected chi connectivity index (χ2v) is 3.79. The van der Waals surface area contributed by atoms with Gasteiger partial charge >= 0.3 is 0 Å². The molecule has 0 spiro atoms. The van der Waals surface area contributed by atoms with Crippen LogP contribution in [0.25, 0.3) is 0 Å². The molecule has 1 fully saturated rings. The molecule has 0 N–H and O–H groups in total. The Labute approximate surface area is 84.3 Å². The number of hydrogen-bond acceptors (Lipinski definition) is 1. The van der Waals surface area contributed by atoms with E-state index >= 15 is 0 Å². The number of rotatable bonds is 1. The van der Waals surface area contributed by atoms with E-state index in [2.05, 4.69) is 23.5 Å². The third-order valence-electron chi connectivity index (χ3n) is 2.38. The molecule has 1 aromatic rings. The van der Waals surface area contributed by atoms with Crippen LogP contribution in [0, 0.1) is 6.42 Å². The van der Waals surface area contributed by atoms with Crippen molar-refractivity contribution in [2.24, 2.45) is 0 Å². The third-order valence-corrected chi connectivity index (χ3v) is 2.63. The maximum absolute atomic E-state index is 5.82. The maximum Gasteiger partial charge on any atom is 0.0407 e. The number of piperidine rings is 1. The predicted molar refractivity (Wildman–Crippen MR) is 57.2 cm³/mol. The van der Waals surface area contributed by atoms with Gasteiger partial charge in [-0.1, -0.05) is 11.6 Å². The van der Waals surface area contributed by atoms with Crippen molar-refractivity contribution in [1.82, 2.24) is 0 Å². The molecule has 0 atom stereocenters. The largest absolute Gasteiger partial charge is 0.371 e. The topological polar surface area (TPSA) is 3.24 Å². The molecule has 1 aromatic carbocycles. The minimum Gasteiger partial charge on any atom is -0.371 e. The zero-order valence-electron chi connectivity index (χ0n) is 7.54. The summed E-state index contributed by atoms with van der Waals surface area (Å²) in [5.74, 6) is 0. The number of benzene rings is 1. The summed E-state index contributed by atoms with van der Waals surface area (Å²) in [7, 11) is 0. The van der Waals surface area contributed by atoms with E-state index in [0.717, 1.165) is 18.1 Å². The molecule has 2 rings (SSSR count). The van der Waals surface area contributed by atoms with Crippen LogP contribution in [0.1, 0.15) is 12.8 Å². The minimum absolute atomic E-state index is 0.810. The standard InChI is InChI=1S/C11H13ClN/c12-10-4-6-11(7-5-10)13-8-2-1-3-9-13/h2,4-7H,1,3,8-9H2. The van der Waals surface area contributed by atoms with Gasteiger partial charge in [0.1, 0.15) is 0 Å². The molecule has 69 valence electrons. The molecule has 0 unspecified atom stereocenters. The van der Waals surface area contributed by atoms with Crippen molar-refractivity contribution in [3.8, 4) is 0 Å².